The van der Waals surface area contributed by atoms with Crippen molar-refractivity contribution in [1.82, 2.24) is 9.47 Å². The van der Waals surface area contributed by atoms with Crippen LogP contribution in [0.25, 0.3) is 10.2 Å². The van der Waals surface area contributed by atoms with Gasteiger partial charge in [0.15, 0.2) is 0 Å². The highest BCUT2D eigenvalue weighted by atomic mass is 35.5. The van der Waals surface area contributed by atoms with E-state index in [0.717, 1.165) is 23.5 Å². The smallest absolute Gasteiger partial charge is 0.308 e. The van der Waals surface area contributed by atoms with E-state index in [2.05, 4.69) is 4.72 Å². The van der Waals surface area contributed by atoms with Gasteiger partial charge in [0.1, 0.15) is 5.82 Å². The minimum atomic E-state index is -4.02. The molecule has 0 aliphatic carbocycles. The van der Waals surface area contributed by atoms with Crippen LogP contribution in [-0.2, 0) is 26.1 Å². The Morgan fingerprint density at radius 2 is 1.94 bits per heavy atom. The zero-order valence-corrected chi connectivity index (χ0v) is 19.1. The van der Waals surface area contributed by atoms with E-state index in [4.69, 9.17) is 16.3 Å². The molecule has 0 bridgehead atoms. The summed E-state index contributed by atoms with van der Waals surface area (Å²) >= 11 is 6.81. The average Bonchev–Trinajstić information content (AvgIpc) is 3.08. The summed E-state index contributed by atoms with van der Waals surface area (Å²) in [7, 11) is -4.02. The summed E-state index contributed by atoms with van der Waals surface area (Å²) in [4.78, 5) is 26.2. The van der Waals surface area contributed by atoms with Crippen molar-refractivity contribution >= 4 is 54.8 Å². The number of amides is 1. The maximum Gasteiger partial charge on any atom is 0.308 e. The van der Waals surface area contributed by atoms with E-state index in [1.165, 1.54) is 28.8 Å². The molecule has 0 radical (unpaired) electrons. The molecule has 0 unspecified atom stereocenters. The number of thiazole rings is 1. The van der Waals surface area contributed by atoms with Crippen LogP contribution >= 0.6 is 22.9 Å². The molecule has 1 aliphatic rings. The molecule has 0 saturated carbocycles. The van der Waals surface area contributed by atoms with Gasteiger partial charge < -0.3 is 9.64 Å². The van der Waals surface area contributed by atoms with Gasteiger partial charge in [-0.2, -0.15) is 0 Å². The van der Waals surface area contributed by atoms with E-state index in [9.17, 15) is 22.4 Å². The molecule has 8 nitrogen and oxygen atoms in total. The van der Waals surface area contributed by atoms with Gasteiger partial charge in [0.25, 0.3) is 10.0 Å². The fraction of sp³-hybridized carbons (Fsp3) is 0.300. The van der Waals surface area contributed by atoms with Gasteiger partial charge in [0.2, 0.25) is 5.91 Å². The topological polar surface area (TPSA) is 97.7 Å². The first-order chi connectivity index (χ1) is 15.2. The van der Waals surface area contributed by atoms with Gasteiger partial charge in [0, 0.05) is 26.1 Å². The van der Waals surface area contributed by atoms with Crippen LogP contribution in [0, 0.1) is 5.82 Å². The molecule has 0 spiro atoms. The van der Waals surface area contributed by atoms with E-state index in [1.54, 1.807) is 4.90 Å². The van der Waals surface area contributed by atoms with Crippen LogP contribution in [0.2, 0.25) is 5.02 Å². The summed E-state index contributed by atoms with van der Waals surface area (Å²) in [5, 5.41) is -0.0737. The Morgan fingerprint density at radius 1 is 1.19 bits per heavy atom. The SMILES string of the molecule is O=C(CCn1c(=O)sc2cc(S(=O)(=O)Nc3ccc(F)cc3Cl)ccc21)N1CCOCC1. The highest BCUT2D eigenvalue weighted by Crippen LogP contribution is 2.27. The molecule has 170 valence electrons. The predicted octanol–water partition coefficient (Wildman–Crippen LogP) is 2.91. The van der Waals surface area contributed by atoms with Crippen LogP contribution in [0.5, 0.6) is 0 Å². The third-order valence-corrected chi connectivity index (χ3v) is 7.66. The van der Waals surface area contributed by atoms with Crippen molar-refractivity contribution in [2.75, 3.05) is 31.0 Å². The van der Waals surface area contributed by atoms with Gasteiger partial charge in [0.05, 0.1) is 39.0 Å². The molecule has 4 rings (SSSR count). The van der Waals surface area contributed by atoms with Crippen LogP contribution < -0.4 is 9.60 Å². The summed E-state index contributed by atoms with van der Waals surface area (Å²) in [5.41, 5.74) is 0.592. The number of sulfonamides is 1. The quantitative estimate of drug-likeness (QED) is 0.562. The lowest BCUT2D eigenvalue weighted by Gasteiger charge is -2.26. The second kappa shape index (κ2) is 9.18. The molecule has 1 amide bonds. The highest BCUT2D eigenvalue weighted by molar-refractivity contribution is 7.92. The molecule has 2 heterocycles. The molecule has 1 N–H and O–H groups in total. The van der Waals surface area contributed by atoms with Crippen molar-refractivity contribution in [3.05, 3.63) is 56.9 Å². The maximum atomic E-state index is 13.2. The molecule has 1 aliphatic heterocycles. The standard InChI is InChI=1S/C20H19ClFN3O5S2/c21-15-11-13(22)1-3-16(15)23-32(28,29)14-2-4-17-18(12-14)31-20(27)25(17)6-5-19(26)24-7-9-30-10-8-24/h1-4,11-12,23H,5-10H2. The lowest BCUT2D eigenvalue weighted by atomic mass is 10.3. The molecular formula is C20H19ClFN3O5S2. The molecule has 12 heteroatoms. The Hall–Kier alpha value is -2.47. The summed E-state index contributed by atoms with van der Waals surface area (Å²) in [6.07, 6.45) is 0.163. The molecule has 3 aromatic rings. The normalized spacial score (nSPS) is 14.6. The van der Waals surface area contributed by atoms with Crippen LogP contribution in [-0.4, -0.2) is 50.1 Å². The largest absolute Gasteiger partial charge is 0.378 e. The van der Waals surface area contributed by atoms with Crippen molar-refractivity contribution in [2.45, 2.75) is 17.9 Å². The summed E-state index contributed by atoms with van der Waals surface area (Å²) in [6.45, 7) is 2.27. The van der Waals surface area contributed by atoms with Gasteiger partial charge in [-0.25, -0.2) is 12.8 Å². The zero-order chi connectivity index (χ0) is 22.9. The van der Waals surface area contributed by atoms with Gasteiger partial charge >= 0.3 is 4.87 Å². The molecule has 1 aromatic heterocycles. The number of aromatic nitrogens is 1. The first kappa shape index (κ1) is 22.7. The lowest BCUT2D eigenvalue weighted by Crippen LogP contribution is -2.41. The number of nitrogens with zero attached hydrogens (tertiary/aromatic N) is 2. The Balaban J connectivity index is 1.54. The Kier molecular flexibility index (Phi) is 6.52. The van der Waals surface area contributed by atoms with Gasteiger partial charge in [-0.3, -0.25) is 18.9 Å². The van der Waals surface area contributed by atoms with E-state index < -0.39 is 15.8 Å². The number of aryl methyl sites for hydroxylation is 1. The lowest BCUT2D eigenvalue weighted by molar-refractivity contribution is -0.135. The van der Waals surface area contributed by atoms with Crippen molar-refractivity contribution in [1.29, 1.82) is 0 Å². The number of halogens is 2. The number of rotatable bonds is 6. The Morgan fingerprint density at radius 3 is 2.66 bits per heavy atom. The number of morpholine rings is 1. The third kappa shape index (κ3) is 4.80. The molecule has 1 fully saturated rings. The Labute approximate surface area is 192 Å². The van der Waals surface area contributed by atoms with E-state index >= 15 is 0 Å². The van der Waals surface area contributed by atoms with Crippen LogP contribution in [0.3, 0.4) is 0 Å². The zero-order valence-electron chi connectivity index (χ0n) is 16.7. The fourth-order valence-electron chi connectivity index (χ4n) is 3.38. The summed E-state index contributed by atoms with van der Waals surface area (Å²) in [6, 6.07) is 7.63. The van der Waals surface area contributed by atoms with Crippen molar-refractivity contribution < 1.29 is 22.3 Å². The second-order valence-electron chi connectivity index (χ2n) is 7.12. The number of hydrogen-bond donors (Lipinski definition) is 1. The van der Waals surface area contributed by atoms with Crippen molar-refractivity contribution in [3.8, 4) is 0 Å². The van der Waals surface area contributed by atoms with Crippen LogP contribution in [0.15, 0.2) is 46.1 Å². The first-order valence-corrected chi connectivity index (χ1v) is 12.4. The number of nitrogens with one attached hydrogen (secondary N) is 1. The number of fused-ring (bicyclic) bond motifs is 1. The molecular weight excluding hydrogens is 481 g/mol. The number of hydrogen-bond acceptors (Lipinski definition) is 6. The van der Waals surface area contributed by atoms with Gasteiger partial charge in [-0.05, 0) is 36.4 Å². The molecule has 1 saturated heterocycles. The predicted molar refractivity (Wildman–Crippen MR) is 120 cm³/mol. The minimum Gasteiger partial charge on any atom is -0.378 e. The number of carbonyl (C=O) groups excluding carboxylic acids is 1. The third-order valence-electron chi connectivity index (χ3n) is 5.04. The number of anilines is 1. The average molecular weight is 500 g/mol. The monoisotopic (exact) mass is 499 g/mol. The highest BCUT2D eigenvalue weighted by Gasteiger charge is 2.20. The first-order valence-electron chi connectivity index (χ1n) is 9.71. The van der Waals surface area contributed by atoms with Crippen LogP contribution in [0.1, 0.15) is 6.42 Å². The second-order valence-corrected chi connectivity index (χ2v) is 10.2. The van der Waals surface area contributed by atoms with Crippen LogP contribution in [0.4, 0.5) is 10.1 Å². The number of ether oxygens (including phenoxy) is 1. The molecule has 0 atom stereocenters. The summed E-state index contributed by atoms with van der Waals surface area (Å²) < 4.78 is 48.2. The van der Waals surface area contributed by atoms with Crippen molar-refractivity contribution in [3.63, 3.8) is 0 Å². The summed E-state index contributed by atoms with van der Waals surface area (Å²) in [5.74, 6) is -0.642. The van der Waals surface area contributed by atoms with Gasteiger partial charge in [-0.1, -0.05) is 22.9 Å². The van der Waals surface area contributed by atoms with E-state index in [-0.39, 0.29) is 39.4 Å². The fourth-order valence-corrected chi connectivity index (χ4v) is 5.79. The number of benzene rings is 2. The minimum absolute atomic E-state index is 0.0422. The molecule has 32 heavy (non-hydrogen) atoms. The van der Waals surface area contributed by atoms with Crippen molar-refractivity contribution in [2.24, 2.45) is 0 Å². The number of carbonyl (C=O) groups is 1. The van der Waals surface area contributed by atoms with E-state index in [1.807, 2.05) is 0 Å². The van der Waals surface area contributed by atoms with Gasteiger partial charge in [-0.15, -0.1) is 0 Å². The molecule has 2 aromatic carbocycles. The maximum absolute atomic E-state index is 13.2. The van der Waals surface area contributed by atoms with E-state index in [0.29, 0.717) is 36.5 Å². The Bertz CT molecular complexity index is 1330.